The maximum Gasteiger partial charge on any atom is 0.237 e. The highest BCUT2D eigenvalue weighted by atomic mass is 35.5. The molecule has 10 heteroatoms. The van der Waals surface area contributed by atoms with Gasteiger partial charge in [-0.2, -0.15) is 9.94 Å². The van der Waals surface area contributed by atoms with Gasteiger partial charge in [0.25, 0.3) is 0 Å². The highest BCUT2D eigenvalue weighted by Gasteiger charge is 2.19. The number of amides is 1. The molecule has 0 aliphatic carbocycles. The fourth-order valence-electron chi connectivity index (χ4n) is 2.28. The van der Waals surface area contributed by atoms with Gasteiger partial charge in [-0.3, -0.25) is 4.79 Å². The quantitative estimate of drug-likeness (QED) is 0.616. The third kappa shape index (κ3) is 4.42. The lowest BCUT2D eigenvalue weighted by Gasteiger charge is -2.12. The van der Waals surface area contributed by atoms with Gasteiger partial charge >= 0.3 is 0 Å². The number of thioether (sulfide) groups is 1. The van der Waals surface area contributed by atoms with Crippen LogP contribution in [0, 0.1) is 11.3 Å². The van der Waals surface area contributed by atoms with Crippen LogP contribution in [0.15, 0.2) is 47.6 Å². The summed E-state index contributed by atoms with van der Waals surface area (Å²) in [4.78, 5) is 12.5. The Kier molecular flexibility index (Phi) is 6.13. The minimum absolute atomic E-state index is 0.241. The Hall–Kier alpha value is -3.09. The molecule has 1 heterocycles. The fourth-order valence-corrected chi connectivity index (χ4v) is 3.31. The molecule has 1 amide bonds. The molecule has 3 rings (SSSR count). The van der Waals surface area contributed by atoms with E-state index in [0.717, 1.165) is 11.4 Å². The summed E-state index contributed by atoms with van der Waals surface area (Å²) < 4.78 is 6.69. The lowest BCUT2D eigenvalue weighted by Crippen LogP contribution is -2.23. The smallest absolute Gasteiger partial charge is 0.237 e. The van der Waals surface area contributed by atoms with Gasteiger partial charge in [0, 0.05) is 5.69 Å². The van der Waals surface area contributed by atoms with E-state index in [0.29, 0.717) is 16.4 Å². The van der Waals surface area contributed by atoms with E-state index in [1.165, 1.54) is 17.8 Å². The molecule has 0 unspecified atom stereocenters. The summed E-state index contributed by atoms with van der Waals surface area (Å²) in [5, 5.41) is 23.7. The average molecular weight is 415 g/mol. The summed E-state index contributed by atoms with van der Waals surface area (Å²) in [6.07, 6.45) is 0. The Bertz CT molecular complexity index is 1030. The number of aromatic nitrogens is 4. The Balaban J connectivity index is 1.70. The zero-order chi connectivity index (χ0) is 20.1. The Morgan fingerprint density at radius 1 is 1.32 bits per heavy atom. The molecule has 3 aromatic rings. The summed E-state index contributed by atoms with van der Waals surface area (Å²) >= 11 is 7.22. The van der Waals surface area contributed by atoms with Crippen LogP contribution in [0.4, 0.5) is 5.69 Å². The van der Waals surface area contributed by atoms with E-state index in [-0.39, 0.29) is 10.9 Å². The van der Waals surface area contributed by atoms with Crippen LogP contribution in [0.25, 0.3) is 5.69 Å². The second-order valence-electron chi connectivity index (χ2n) is 5.63. The second kappa shape index (κ2) is 8.73. The number of benzene rings is 2. The van der Waals surface area contributed by atoms with Crippen molar-refractivity contribution in [2.75, 3.05) is 12.4 Å². The Morgan fingerprint density at radius 2 is 2.07 bits per heavy atom. The van der Waals surface area contributed by atoms with E-state index in [2.05, 4.69) is 20.8 Å². The second-order valence-corrected chi connectivity index (χ2v) is 7.34. The van der Waals surface area contributed by atoms with Crippen LogP contribution in [-0.4, -0.2) is 38.5 Å². The topological polar surface area (TPSA) is 106 Å². The fraction of sp³-hybridized carbons (Fsp3) is 0.167. The van der Waals surface area contributed by atoms with Gasteiger partial charge in [0.15, 0.2) is 0 Å². The van der Waals surface area contributed by atoms with Crippen molar-refractivity contribution < 1.29 is 9.53 Å². The monoisotopic (exact) mass is 414 g/mol. The van der Waals surface area contributed by atoms with E-state index < -0.39 is 5.25 Å². The van der Waals surface area contributed by atoms with Crippen LogP contribution in [0.1, 0.15) is 12.5 Å². The molecule has 2 aromatic carbocycles. The van der Waals surface area contributed by atoms with Gasteiger partial charge in [-0.05, 0) is 59.8 Å². The lowest BCUT2D eigenvalue weighted by molar-refractivity contribution is -0.115. The number of hydrogen-bond acceptors (Lipinski definition) is 7. The summed E-state index contributed by atoms with van der Waals surface area (Å²) in [5.41, 5.74) is 1.61. The third-order valence-electron chi connectivity index (χ3n) is 3.77. The summed E-state index contributed by atoms with van der Waals surface area (Å²) in [6.45, 7) is 1.75. The maximum absolute atomic E-state index is 12.5. The first-order valence-electron chi connectivity index (χ1n) is 8.12. The number of nitriles is 1. The minimum Gasteiger partial charge on any atom is -0.497 e. The first-order valence-corrected chi connectivity index (χ1v) is 9.37. The summed E-state index contributed by atoms with van der Waals surface area (Å²) in [5.74, 6) is 0.481. The van der Waals surface area contributed by atoms with Crippen molar-refractivity contribution in [3.05, 3.63) is 53.1 Å². The van der Waals surface area contributed by atoms with Crippen molar-refractivity contribution in [2.45, 2.75) is 17.3 Å². The number of hydrogen-bond donors (Lipinski definition) is 1. The number of ether oxygens (including phenoxy) is 1. The van der Waals surface area contributed by atoms with E-state index >= 15 is 0 Å². The molecule has 8 nitrogen and oxygen atoms in total. The number of carbonyl (C=O) groups is 1. The molecule has 0 spiro atoms. The molecule has 0 bridgehead atoms. The van der Waals surface area contributed by atoms with Crippen LogP contribution in [0.2, 0.25) is 5.02 Å². The number of halogens is 1. The number of nitrogens with zero attached hydrogens (tertiary/aromatic N) is 5. The number of tetrazole rings is 1. The first-order chi connectivity index (χ1) is 13.5. The molecule has 0 saturated heterocycles. The number of rotatable bonds is 6. The van der Waals surface area contributed by atoms with Crippen molar-refractivity contribution in [1.82, 2.24) is 20.2 Å². The van der Waals surface area contributed by atoms with Gasteiger partial charge in [0.05, 0.1) is 28.6 Å². The van der Waals surface area contributed by atoms with Crippen LogP contribution in [-0.2, 0) is 4.79 Å². The predicted octanol–water partition coefficient (Wildman–Crippen LogP) is 3.32. The van der Waals surface area contributed by atoms with E-state index in [9.17, 15) is 4.79 Å². The van der Waals surface area contributed by atoms with E-state index in [1.54, 1.807) is 43.0 Å². The molecule has 0 saturated carbocycles. The Morgan fingerprint density at radius 3 is 2.71 bits per heavy atom. The van der Waals surface area contributed by atoms with E-state index in [1.807, 2.05) is 18.2 Å². The van der Waals surface area contributed by atoms with Crippen LogP contribution >= 0.6 is 23.4 Å². The van der Waals surface area contributed by atoms with Gasteiger partial charge in [-0.25, -0.2) is 0 Å². The number of methoxy groups -OCH3 is 1. The largest absolute Gasteiger partial charge is 0.497 e. The van der Waals surface area contributed by atoms with Crippen molar-refractivity contribution in [2.24, 2.45) is 0 Å². The standard InChI is InChI=1S/C18H15ClN6O2S/c1-11(17(26)21-13-4-3-12(10-20)16(19)9-13)28-18-22-23-24-25(18)14-5-7-15(27-2)8-6-14/h3-9,11H,1-2H3,(H,21,26)/t11-/m1/s1. The highest BCUT2D eigenvalue weighted by Crippen LogP contribution is 2.26. The number of carbonyl (C=O) groups excluding carboxylic acids is 1. The van der Waals surface area contributed by atoms with Crippen molar-refractivity contribution in [3.63, 3.8) is 0 Å². The van der Waals surface area contributed by atoms with Gasteiger partial charge < -0.3 is 10.1 Å². The van der Waals surface area contributed by atoms with Crippen LogP contribution in [0.5, 0.6) is 5.75 Å². The zero-order valence-electron chi connectivity index (χ0n) is 15.0. The average Bonchev–Trinajstić information content (AvgIpc) is 3.16. The first kappa shape index (κ1) is 19.7. The van der Waals surface area contributed by atoms with Gasteiger partial charge in [-0.1, -0.05) is 23.4 Å². The molecular formula is C18H15ClN6O2S. The third-order valence-corrected chi connectivity index (χ3v) is 5.11. The zero-order valence-corrected chi connectivity index (χ0v) is 16.5. The van der Waals surface area contributed by atoms with Crippen LogP contribution in [0.3, 0.4) is 0 Å². The molecule has 142 valence electrons. The van der Waals surface area contributed by atoms with Gasteiger partial charge in [0.1, 0.15) is 11.8 Å². The normalized spacial score (nSPS) is 11.5. The molecule has 0 fully saturated rings. The van der Waals surface area contributed by atoms with Crippen molar-refractivity contribution in [1.29, 1.82) is 5.26 Å². The lowest BCUT2D eigenvalue weighted by atomic mass is 10.2. The van der Waals surface area contributed by atoms with Gasteiger partial charge in [-0.15, -0.1) is 5.10 Å². The van der Waals surface area contributed by atoms with Crippen molar-refractivity contribution >= 4 is 35.0 Å². The predicted molar refractivity (Wildman–Crippen MR) is 106 cm³/mol. The molecular weight excluding hydrogens is 400 g/mol. The minimum atomic E-state index is -0.475. The van der Waals surface area contributed by atoms with Crippen molar-refractivity contribution in [3.8, 4) is 17.5 Å². The molecule has 1 atom stereocenters. The van der Waals surface area contributed by atoms with Gasteiger partial charge in [0.2, 0.25) is 11.1 Å². The summed E-state index contributed by atoms with van der Waals surface area (Å²) in [6, 6.07) is 13.9. The molecule has 1 aromatic heterocycles. The number of anilines is 1. The number of nitrogens with one attached hydrogen (secondary N) is 1. The highest BCUT2D eigenvalue weighted by molar-refractivity contribution is 8.00. The molecule has 0 aliphatic heterocycles. The maximum atomic E-state index is 12.5. The Labute approximate surface area is 170 Å². The molecule has 0 radical (unpaired) electrons. The summed E-state index contributed by atoms with van der Waals surface area (Å²) in [7, 11) is 1.59. The van der Waals surface area contributed by atoms with Crippen LogP contribution < -0.4 is 10.1 Å². The molecule has 28 heavy (non-hydrogen) atoms. The van der Waals surface area contributed by atoms with E-state index in [4.69, 9.17) is 21.6 Å². The SMILES string of the molecule is COc1ccc(-n2nnnc2S[C@H](C)C(=O)Nc2ccc(C#N)c(Cl)c2)cc1. The molecule has 1 N–H and O–H groups in total. The molecule has 0 aliphatic rings.